The number of nitro groups is 1. The summed E-state index contributed by atoms with van der Waals surface area (Å²) in [5.74, 6) is 0.246. The average molecular weight is 285 g/mol. The molecule has 0 aliphatic carbocycles. The van der Waals surface area contributed by atoms with Crippen molar-refractivity contribution >= 4 is 5.69 Å². The third kappa shape index (κ3) is 2.88. The van der Waals surface area contributed by atoms with E-state index >= 15 is 0 Å². The van der Waals surface area contributed by atoms with Gasteiger partial charge in [-0.25, -0.2) is 0 Å². The van der Waals surface area contributed by atoms with Gasteiger partial charge < -0.3 is 24.8 Å². The van der Waals surface area contributed by atoms with E-state index in [1.165, 1.54) is 31.2 Å². The molecule has 0 spiro atoms. The fourth-order valence-corrected chi connectivity index (χ4v) is 1.89. The van der Waals surface area contributed by atoms with Crippen molar-refractivity contribution in [1.29, 1.82) is 0 Å². The molecule has 0 radical (unpaired) electrons. The molecule has 8 nitrogen and oxygen atoms in total. The van der Waals surface area contributed by atoms with Gasteiger partial charge in [0.1, 0.15) is 24.1 Å². The molecule has 2 rings (SSSR count). The van der Waals surface area contributed by atoms with E-state index in [4.69, 9.17) is 9.47 Å². The molecule has 1 fully saturated rings. The second-order valence-electron chi connectivity index (χ2n) is 4.55. The lowest BCUT2D eigenvalue weighted by Crippen LogP contribution is -2.58. The number of hydrogen-bond acceptors (Lipinski definition) is 7. The van der Waals surface area contributed by atoms with Crippen LogP contribution < -0.4 is 4.74 Å². The minimum absolute atomic E-state index is 0.0914. The number of aliphatic hydroxyl groups is 3. The Kier molecular flexibility index (Phi) is 4.19. The zero-order valence-corrected chi connectivity index (χ0v) is 10.6. The van der Waals surface area contributed by atoms with Crippen LogP contribution in [0, 0.1) is 10.1 Å². The SMILES string of the molecule is C[C@H]1OC(Oc2ccc([N+](=O)[O-])cc2)[C@@H](O)[C@@H](O)[C@@H]1O. The molecule has 8 heteroatoms. The van der Waals surface area contributed by atoms with E-state index in [-0.39, 0.29) is 11.4 Å². The molecular formula is C12H15NO7. The Morgan fingerprint density at radius 3 is 2.30 bits per heavy atom. The highest BCUT2D eigenvalue weighted by Crippen LogP contribution is 2.25. The molecule has 20 heavy (non-hydrogen) atoms. The molecule has 1 aromatic carbocycles. The van der Waals surface area contributed by atoms with Gasteiger partial charge in [-0.1, -0.05) is 0 Å². The van der Waals surface area contributed by atoms with Gasteiger partial charge in [0.15, 0.2) is 0 Å². The van der Waals surface area contributed by atoms with Crippen LogP contribution in [0.2, 0.25) is 0 Å². The first-order valence-corrected chi connectivity index (χ1v) is 6.01. The van der Waals surface area contributed by atoms with Crippen LogP contribution in [0.1, 0.15) is 6.92 Å². The maximum atomic E-state index is 10.5. The zero-order chi connectivity index (χ0) is 14.9. The first-order chi connectivity index (χ1) is 9.40. The van der Waals surface area contributed by atoms with Gasteiger partial charge in [0, 0.05) is 12.1 Å². The van der Waals surface area contributed by atoms with Crippen LogP contribution >= 0.6 is 0 Å². The highest BCUT2D eigenvalue weighted by molar-refractivity contribution is 5.36. The largest absolute Gasteiger partial charge is 0.462 e. The number of non-ortho nitro benzene ring substituents is 1. The average Bonchev–Trinajstić information content (AvgIpc) is 2.43. The Hall–Kier alpha value is -1.74. The Balaban J connectivity index is 2.07. The van der Waals surface area contributed by atoms with Crippen molar-refractivity contribution in [2.24, 2.45) is 0 Å². The summed E-state index contributed by atoms with van der Waals surface area (Å²) in [7, 11) is 0. The lowest BCUT2D eigenvalue weighted by atomic mass is 10.00. The van der Waals surface area contributed by atoms with Crippen molar-refractivity contribution < 1.29 is 29.7 Å². The number of nitrogens with zero attached hydrogens (tertiary/aromatic N) is 1. The normalized spacial score (nSPS) is 33.7. The van der Waals surface area contributed by atoms with Gasteiger partial charge in [-0.05, 0) is 19.1 Å². The molecule has 0 aromatic heterocycles. The highest BCUT2D eigenvalue weighted by atomic mass is 16.7. The fourth-order valence-electron chi connectivity index (χ4n) is 1.89. The van der Waals surface area contributed by atoms with E-state index in [9.17, 15) is 25.4 Å². The molecule has 0 bridgehead atoms. The van der Waals surface area contributed by atoms with E-state index in [2.05, 4.69) is 0 Å². The summed E-state index contributed by atoms with van der Waals surface area (Å²) in [6.45, 7) is 1.53. The number of rotatable bonds is 3. The van der Waals surface area contributed by atoms with Crippen LogP contribution in [0.15, 0.2) is 24.3 Å². The molecule has 1 aliphatic rings. The predicted octanol–water partition coefficient (Wildman–Crippen LogP) is -0.199. The Labute approximate surface area is 114 Å². The highest BCUT2D eigenvalue weighted by Gasteiger charge is 2.43. The molecule has 1 heterocycles. The number of ether oxygens (including phenoxy) is 2. The van der Waals surface area contributed by atoms with E-state index in [1.807, 2.05) is 0 Å². The van der Waals surface area contributed by atoms with Crippen molar-refractivity contribution in [3.8, 4) is 5.75 Å². The zero-order valence-electron chi connectivity index (χ0n) is 10.6. The fraction of sp³-hybridized carbons (Fsp3) is 0.500. The number of nitro benzene ring substituents is 1. The second kappa shape index (κ2) is 5.71. The van der Waals surface area contributed by atoms with Crippen molar-refractivity contribution in [3.63, 3.8) is 0 Å². The lowest BCUT2D eigenvalue weighted by molar-refractivity contribution is -0.384. The summed E-state index contributed by atoms with van der Waals surface area (Å²) in [5, 5.41) is 39.4. The van der Waals surface area contributed by atoms with E-state index < -0.39 is 35.6 Å². The van der Waals surface area contributed by atoms with Crippen molar-refractivity contribution in [3.05, 3.63) is 34.4 Å². The van der Waals surface area contributed by atoms with Crippen molar-refractivity contribution in [2.45, 2.75) is 37.6 Å². The summed E-state index contributed by atoms with van der Waals surface area (Å²) in [5.41, 5.74) is -0.0914. The maximum absolute atomic E-state index is 10.5. The molecule has 1 aliphatic heterocycles. The Bertz CT molecular complexity index is 477. The van der Waals surface area contributed by atoms with Crippen LogP contribution in [0.3, 0.4) is 0 Å². The number of hydrogen-bond donors (Lipinski definition) is 3. The molecule has 3 N–H and O–H groups in total. The van der Waals surface area contributed by atoms with Crippen LogP contribution in [0.4, 0.5) is 5.69 Å². The number of aliphatic hydroxyl groups excluding tert-OH is 3. The topological polar surface area (TPSA) is 122 Å². The van der Waals surface area contributed by atoms with Crippen LogP contribution in [-0.4, -0.2) is 50.9 Å². The van der Waals surface area contributed by atoms with Gasteiger partial charge in [-0.3, -0.25) is 10.1 Å². The van der Waals surface area contributed by atoms with Crippen LogP contribution in [0.5, 0.6) is 5.75 Å². The van der Waals surface area contributed by atoms with Crippen LogP contribution in [-0.2, 0) is 4.74 Å². The molecule has 1 saturated heterocycles. The first-order valence-electron chi connectivity index (χ1n) is 6.01. The van der Waals surface area contributed by atoms with Gasteiger partial charge in [0.25, 0.3) is 5.69 Å². The van der Waals surface area contributed by atoms with Crippen LogP contribution in [0.25, 0.3) is 0 Å². The Morgan fingerprint density at radius 1 is 1.15 bits per heavy atom. The summed E-state index contributed by atoms with van der Waals surface area (Å²) in [6, 6.07) is 5.21. The molecule has 0 amide bonds. The van der Waals surface area contributed by atoms with E-state index in [1.54, 1.807) is 0 Å². The van der Waals surface area contributed by atoms with Gasteiger partial charge in [0.05, 0.1) is 11.0 Å². The second-order valence-corrected chi connectivity index (χ2v) is 4.55. The summed E-state index contributed by atoms with van der Waals surface area (Å²) < 4.78 is 10.6. The smallest absolute Gasteiger partial charge is 0.269 e. The third-order valence-electron chi connectivity index (χ3n) is 3.11. The van der Waals surface area contributed by atoms with Gasteiger partial charge >= 0.3 is 0 Å². The van der Waals surface area contributed by atoms with Crippen molar-refractivity contribution in [1.82, 2.24) is 0 Å². The third-order valence-corrected chi connectivity index (χ3v) is 3.11. The minimum atomic E-state index is -1.42. The summed E-state index contributed by atoms with van der Waals surface area (Å²) in [6.07, 6.45) is -5.89. The monoisotopic (exact) mass is 285 g/mol. The maximum Gasteiger partial charge on any atom is 0.269 e. The molecule has 1 aromatic rings. The Morgan fingerprint density at radius 2 is 1.75 bits per heavy atom. The van der Waals surface area contributed by atoms with Gasteiger partial charge in [-0.2, -0.15) is 0 Å². The van der Waals surface area contributed by atoms with E-state index in [0.29, 0.717) is 0 Å². The number of benzene rings is 1. The standard InChI is InChI=1S/C12H15NO7/c1-6-9(14)10(15)11(16)12(19-6)20-8-4-2-7(3-5-8)13(17)18/h2-6,9-12,14-16H,1H3/t6-,9-,10+,11+,12?/m1/s1. The molecule has 0 saturated carbocycles. The predicted molar refractivity (Wildman–Crippen MR) is 66.1 cm³/mol. The molecule has 5 atom stereocenters. The minimum Gasteiger partial charge on any atom is -0.462 e. The molecular weight excluding hydrogens is 270 g/mol. The molecule has 1 unspecified atom stereocenters. The van der Waals surface area contributed by atoms with E-state index in [0.717, 1.165) is 0 Å². The first kappa shape index (κ1) is 14.7. The quantitative estimate of drug-likeness (QED) is 0.519. The molecule has 110 valence electrons. The van der Waals surface area contributed by atoms with Crippen molar-refractivity contribution in [2.75, 3.05) is 0 Å². The van der Waals surface area contributed by atoms with Gasteiger partial charge in [-0.15, -0.1) is 0 Å². The van der Waals surface area contributed by atoms with Gasteiger partial charge in [0.2, 0.25) is 6.29 Å². The lowest BCUT2D eigenvalue weighted by Gasteiger charge is -2.38. The summed E-state index contributed by atoms with van der Waals surface area (Å²) in [4.78, 5) is 9.97. The summed E-state index contributed by atoms with van der Waals surface area (Å²) >= 11 is 0.